The number of para-hydroxylation sites is 1. The van der Waals surface area contributed by atoms with E-state index < -0.39 is 0 Å². The number of amides is 1. The molecule has 1 amide bonds. The number of aryl methyl sites for hydroxylation is 1. The van der Waals surface area contributed by atoms with Crippen molar-refractivity contribution in [3.05, 3.63) is 77.5 Å². The van der Waals surface area contributed by atoms with E-state index in [4.69, 9.17) is 0 Å². The molecule has 3 nitrogen and oxygen atoms in total. The van der Waals surface area contributed by atoms with Crippen molar-refractivity contribution in [3.8, 4) is 0 Å². The number of carbonyl (C=O) groups excluding carboxylic acids is 1. The average Bonchev–Trinajstić information content (AvgIpc) is 3.04. The summed E-state index contributed by atoms with van der Waals surface area (Å²) in [6, 6.07) is 20.7. The third-order valence-corrected chi connectivity index (χ3v) is 5.16. The van der Waals surface area contributed by atoms with E-state index in [1.54, 1.807) is 4.90 Å². The van der Waals surface area contributed by atoms with Gasteiger partial charge < -0.3 is 4.90 Å². The Morgan fingerprint density at radius 2 is 1.88 bits per heavy atom. The summed E-state index contributed by atoms with van der Waals surface area (Å²) >= 11 is 0. The number of hydrogen-bond acceptors (Lipinski definition) is 2. The van der Waals surface area contributed by atoms with E-state index in [0.29, 0.717) is 18.9 Å². The second-order valence-corrected chi connectivity index (χ2v) is 6.88. The molecule has 1 aromatic heterocycles. The fourth-order valence-electron chi connectivity index (χ4n) is 3.75. The van der Waals surface area contributed by atoms with Gasteiger partial charge in [-0.2, -0.15) is 0 Å². The van der Waals surface area contributed by atoms with E-state index in [9.17, 15) is 4.79 Å². The molecule has 0 aliphatic heterocycles. The highest BCUT2D eigenvalue weighted by Crippen LogP contribution is 2.35. The van der Waals surface area contributed by atoms with Gasteiger partial charge in [-0.15, -0.1) is 0 Å². The lowest BCUT2D eigenvalue weighted by atomic mass is 9.97. The maximum Gasteiger partial charge on any atom is 0.223 e. The first-order valence-corrected chi connectivity index (χ1v) is 8.87. The number of pyridine rings is 1. The molecule has 1 atom stereocenters. The van der Waals surface area contributed by atoms with Crippen LogP contribution in [0.1, 0.15) is 35.6 Å². The number of hydrogen-bond donors (Lipinski definition) is 0. The molecule has 0 saturated heterocycles. The van der Waals surface area contributed by atoms with E-state index in [-0.39, 0.29) is 5.91 Å². The Bertz CT molecular complexity index is 919. The van der Waals surface area contributed by atoms with Crippen molar-refractivity contribution in [2.45, 2.75) is 31.7 Å². The maximum atomic E-state index is 12.7. The Morgan fingerprint density at radius 3 is 2.80 bits per heavy atom. The zero-order valence-electron chi connectivity index (χ0n) is 14.5. The normalized spacial score (nSPS) is 16.0. The van der Waals surface area contributed by atoms with Crippen molar-refractivity contribution in [2.75, 3.05) is 7.05 Å². The molecule has 25 heavy (non-hydrogen) atoms. The summed E-state index contributed by atoms with van der Waals surface area (Å²) in [7, 11) is 1.88. The van der Waals surface area contributed by atoms with E-state index >= 15 is 0 Å². The van der Waals surface area contributed by atoms with Gasteiger partial charge in [0.1, 0.15) is 0 Å². The average molecular weight is 330 g/mol. The third-order valence-electron chi connectivity index (χ3n) is 5.16. The standard InChI is InChI=1S/C22H22N2O/c1-24(15-19-13-12-17-7-3-5-9-21(17)23-19)22(25)14-18-11-10-16-6-2-4-8-20(16)18/h2-9,12-13,18H,10-11,14-15H2,1H3/t18-/m0/s1. The molecular weight excluding hydrogens is 308 g/mol. The predicted octanol–water partition coefficient (Wildman–Crippen LogP) is 4.31. The molecular formula is C22H22N2O. The quantitative estimate of drug-likeness (QED) is 0.714. The molecule has 1 heterocycles. The molecule has 1 aliphatic rings. The van der Waals surface area contributed by atoms with Gasteiger partial charge in [0.15, 0.2) is 0 Å². The summed E-state index contributed by atoms with van der Waals surface area (Å²) in [6.07, 6.45) is 2.75. The molecule has 0 unspecified atom stereocenters. The molecule has 0 spiro atoms. The van der Waals surface area contributed by atoms with Crippen LogP contribution in [-0.2, 0) is 17.8 Å². The summed E-state index contributed by atoms with van der Waals surface area (Å²) in [4.78, 5) is 19.1. The van der Waals surface area contributed by atoms with Crippen LogP contribution < -0.4 is 0 Å². The molecule has 0 bridgehead atoms. The van der Waals surface area contributed by atoms with E-state index in [0.717, 1.165) is 29.4 Å². The highest BCUT2D eigenvalue weighted by molar-refractivity contribution is 5.79. The lowest BCUT2D eigenvalue weighted by Crippen LogP contribution is -2.27. The zero-order chi connectivity index (χ0) is 17.2. The minimum Gasteiger partial charge on any atom is -0.340 e. The van der Waals surface area contributed by atoms with Gasteiger partial charge in [0.2, 0.25) is 5.91 Å². The minimum atomic E-state index is 0.191. The van der Waals surface area contributed by atoms with Crippen molar-refractivity contribution in [2.24, 2.45) is 0 Å². The van der Waals surface area contributed by atoms with Gasteiger partial charge in [-0.3, -0.25) is 9.78 Å². The van der Waals surface area contributed by atoms with E-state index in [1.165, 1.54) is 11.1 Å². The first kappa shape index (κ1) is 15.8. The van der Waals surface area contributed by atoms with E-state index in [1.807, 2.05) is 31.3 Å². The van der Waals surface area contributed by atoms with Gasteiger partial charge in [-0.25, -0.2) is 0 Å². The molecule has 0 N–H and O–H groups in total. The molecule has 3 heteroatoms. The first-order chi connectivity index (χ1) is 12.2. The molecule has 0 fully saturated rings. The van der Waals surface area contributed by atoms with Crippen LogP contribution in [0.5, 0.6) is 0 Å². The topological polar surface area (TPSA) is 33.2 Å². The summed E-state index contributed by atoms with van der Waals surface area (Å²) in [5.74, 6) is 0.548. The molecule has 3 aromatic rings. The van der Waals surface area contributed by atoms with Crippen LogP contribution in [0.2, 0.25) is 0 Å². The van der Waals surface area contributed by atoms with Crippen LogP contribution in [0.25, 0.3) is 10.9 Å². The molecule has 1 aliphatic carbocycles. The number of nitrogens with zero attached hydrogens (tertiary/aromatic N) is 2. The maximum absolute atomic E-state index is 12.7. The third kappa shape index (κ3) is 3.27. The SMILES string of the molecule is CN(Cc1ccc2ccccc2n1)C(=O)C[C@@H]1CCc2ccccc21. The summed E-state index contributed by atoms with van der Waals surface area (Å²) in [6.45, 7) is 0.554. The van der Waals surface area contributed by atoms with Crippen LogP contribution in [-0.4, -0.2) is 22.8 Å². The molecule has 0 radical (unpaired) electrons. The van der Waals surface area contributed by atoms with Crippen molar-refractivity contribution in [3.63, 3.8) is 0 Å². The highest BCUT2D eigenvalue weighted by atomic mass is 16.2. The Balaban J connectivity index is 1.43. The van der Waals surface area contributed by atoms with Crippen LogP contribution in [0, 0.1) is 0 Å². The lowest BCUT2D eigenvalue weighted by molar-refractivity contribution is -0.130. The summed E-state index contributed by atoms with van der Waals surface area (Å²) in [5, 5.41) is 1.13. The highest BCUT2D eigenvalue weighted by Gasteiger charge is 2.25. The van der Waals surface area contributed by atoms with Gasteiger partial charge in [0.05, 0.1) is 17.8 Å². The van der Waals surface area contributed by atoms with Gasteiger partial charge in [0, 0.05) is 18.9 Å². The zero-order valence-corrected chi connectivity index (χ0v) is 14.5. The fraction of sp³-hybridized carbons (Fsp3) is 0.273. The fourth-order valence-corrected chi connectivity index (χ4v) is 3.75. The predicted molar refractivity (Wildman–Crippen MR) is 100 cm³/mol. The minimum absolute atomic E-state index is 0.191. The van der Waals surface area contributed by atoms with Gasteiger partial charge in [0.25, 0.3) is 0 Å². The van der Waals surface area contributed by atoms with Gasteiger partial charge in [-0.1, -0.05) is 48.5 Å². The van der Waals surface area contributed by atoms with Crippen molar-refractivity contribution in [1.29, 1.82) is 0 Å². The lowest BCUT2D eigenvalue weighted by Gasteiger charge is -2.20. The second-order valence-electron chi connectivity index (χ2n) is 6.88. The van der Waals surface area contributed by atoms with Crippen molar-refractivity contribution < 1.29 is 4.79 Å². The van der Waals surface area contributed by atoms with Crippen molar-refractivity contribution >= 4 is 16.8 Å². The first-order valence-electron chi connectivity index (χ1n) is 8.87. The molecule has 126 valence electrons. The van der Waals surface area contributed by atoms with E-state index in [2.05, 4.69) is 41.4 Å². The molecule has 4 rings (SSSR count). The molecule has 2 aromatic carbocycles. The Hall–Kier alpha value is -2.68. The summed E-state index contributed by atoms with van der Waals surface area (Å²) in [5.41, 5.74) is 4.67. The Kier molecular flexibility index (Phi) is 4.22. The van der Waals surface area contributed by atoms with Crippen LogP contribution in [0.15, 0.2) is 60.7 Å². The number of aromatic nitrogens is 1. The smallest absolute Gasteiger partial charge is 0.223 e. The second kappa shape index (κ2) is 6.67. The van der Waals surface area contributed by atoms with Gasteiger partial charge in [-0.05, 0) is 42.0 Å². The number of carbonyl (C=O) groups is 1. The number of benzene rings is 2. The largest absolute Gasteiger partial charge is 0.340 e. The number of rotatable bonds is 4. The van der Waals surface area contributed by atoms with Crippen LogP contribution >= 0.6 is 0 Å². The van der Waals surface area contributed by atoms with Crippen LogP contribution in [0.4, 0.5) is 0 Å². The Labute approximate surface area is 148 Å². The van der Waals surface area contributed by atoms with Crippen molar-refractivity contribution in [1.82, 2.24) is 9.88 Å². The summed E-state index contributed by atoms with van der Waals surface area (Å²) < 4.78 is 0. The Morgan fingerprint density at radius 1 is 1.08 bits per heavy atom. The van der Waals surface area contributed by atoms with Crippen LogP contribution in [0.3, 0.4) is 0 Å². The van der Waals surface area contributed by atoms with Gasteiger partial charge >= 0.3 is 0 Å². The monoisotopic (exact) mass is 330 g/mol. The molecule has 0 saturated carbocycles. The number of fused-ring (bicyclic) bond motifs is 2.